The van der Waals surface area contributed by atoms with Crippen molar-refractivity contribution < 1.29 is 18.4 Å². The van der Waals surface area contributed by atoms with Gasteiger partial charge in [-0.1, -0.05) is 5.16 Å². The van der Waals surface area contributed by atoms with Crippen molar-refractivity contribution >= 4 is 5.91 Å². The Balaban J connectivity index is 1.50. The number of amides is 1. The van der Waals surface area contributed by atoms with E-state index >= 15 is 4.39 Å². The molecule has 4 rings (SSSR count). The third-order valence-corrected chi connectivity index (χ3v) is 6.03. The van der Waals surface area contributed by atoms with Gasteiger partial charge < -0.3 is 18.7 Å². The molecule has 0 bridgehead atoms. The molecule has 1 aliphatic carbocycles. The summed E-state index contributed by atoms with van der Waals surface area (Å²) in [5.41, 5.74) is 0.787. The minimum Gasteiger partial charge on any atom is -0.385 e. The van der Waals surface area contributed by atoms with E-state index < -0.39 is 5.67 Å². The predicted octanol–water partition coefficient (Wildman–Crippen LogP) is 3.50. The van der Waals surface area contributed by atoms with Crippen molar-refractivity contribution in [2.24, 2.45) is 0 Å². The Labute approximate surface area is 170 Å². The Hall–Kier alpha value is -2.22. The minimum absolute atomic E-state index is 0.0157. The van der Waals surface area contributed by atoms with Crippen molar-refractivity contribution in [2.45, 2.75) is 64.1 Å². The van der Waals surface area contributed by atoms with Gasteiger partial charge in [-0.05, 0) is 52.0 Å². The van der Waals surface area contributed by atoms with Crippen LogP contribution < -0.4 is 0 Å². The summed E-state index contributed by atoms with van der Waals surface area (Å²) in [6.45, 7) is 5.87. The van der Waals surface area contributed by atoms with Crippen LogP contribution in [0.5, 0.6) is 0 Å². The molecule has 2 fully saturated rings. The summed E-state index contributed by atoms with van der Waals surface area (Å²) in [6.07, 6.45) is 3.79. The van der Waals surface area contributed by atoms with Gasteiger partial charge in [-0.3, -0.25) is 4.79 Å². The van der Waals surface area contributed by atoms with Gasteiger partial charge >= 0.3 is 0 Å². The number of aryl methyl sites for hydroxylation is 1. The first-order valence-corrected chi connectivity index (χ1v) is 10.4. The SMILES string of the molecule is COCCCn1c(C)cc(C(=O)N2CCCC(F)(c3nc(C4CC4)no3)C2)c1C. The Bertz CT molecular complexity index is 889. The molecule has 2 aromatic rings. The number of carbonyl (C=O) groups is 1. The lowest BCUT2D eigenvalue weighted by molar-refractivity contribution is 0.0152. The highest BCUT2D eigenvalue weighted by Crippen LogP contribution is 2.41. The summed E-state index contributed by atoms with van der Waals surface area (Å²) in [4.78, 5) is 19.1. The first-order chi connectivity index (χ1) is 13.9. The normalized spacial score (nSPS) is 22.3. The van der Waals surface area contributed by atoms with E-state index in [4.69, 9.17) is 9.26 Å². The molecule has 1 amide bonds. The third kappa shape index (κ3) is 3.95. The van der Waals surface area contributed by atoms with Gasteiger partial charge in [-0.2, -0.15) is 4.98 Å². The number of hydrogen-bond acceptors (Lipinski definition) is 5. The molecule has 29 heavy (non-hydrogen) atoms. The summed E-state index contributed by atoms with van der Waals surface area (Å²) in [5, 5.41) is 3.95. The number of likely N-dealkylation sites (tertiary alicyclic amines) is 1. The van der Waals surface area contributed by atoms with Gasteiger partial charge in [0.2, 0.25) is 5.67 Å². The molecular formula is C21H29FN4O3. The first-order valence-electron chi connectivity index (χ1n) is 10.4. The molecule has 1 atom stereocenters. The van der Waals surface area contributed by atoms with Gasteiger partial charge in [0.05, 0.1) is 12.1 Å². The number of aromatic nitrogens is 3. The number of ether oxygens (including phenoxy) is 1. The molecule has 0 radical (unpaired) electrons. The molecule has 0 spiro atoms. The van der Waals surface area contributed by atoms with Crippen LogP contribution in [0.15, 0.2) is 10.6 Å². The van der Waals surface area contributed by atoms with E-state index in [-0.39, 0.29) is 18.3 Å². The van der Waals surface area contributed by atoms with Gasteiger partial charge in [0, 0.05) is 44.1 Å². The van der Waals surface area contributed by atoms with E-state index in [0.29, 0.717) is 43.3 Å². The summed E-state index contributed by atoms with van der Waals surface area (Å²) in [5.74, 6) is 0.780. The molecule has 0 N–H and O–H groups in total. The second kappa shape index (κ2) is 7.89. The fourth-order valence-electron chi connectivity index (χ4n) is 4.18. The van der Waals surface area contributed by atoms with E-state index in [1.165, 1.54) is 0 Å². The molecule has 0 aromatic carbocycles. The minimum atomic E-state index is -1.78. The molecule has 8 heteroatoms. The third-order valence-electron chi connectivity index (χ3n) is 6.03. The van der Waals surface area contributed by atoms with Crippen LogP contribution in [-0.4, -0.2) is 52.3 Å². The Morgan fingerprint density at radius 1 is 1.41 bits per heavy atom. The fraction of sp³-hybridized carbons (Fsp3) is 0.667. The maximum atomic E-state index is 15.7. The van der Waals surface area contributed by atoms with E-state index in [0.717, 1.165) is 37.2 Å². The summed E-state index contributed by atoms with van der Waals surface area (Å²) in [7, 11) is 1.68. The fourth-order valence-corrected chi connectivity index (χ4v) is 4.18. The van der Waals surface area contributed by atoms with Crippen LogP contribution in [-0.2, 0) is 17.0 Å². The standard InChI is InChI=1S/C21H29FN4O3/c1-14-12-17(15(2)26(14)10-5-11-28-3)19(27)25-9-4-8-21(22,13-25)20-23-18(24-29-20)16-6-7-16/h12,16H,4-11,13H2,1-3H3. The maximum Gasteiger partial charge on any atom is 0.266 e. The molecule has 7 nitrogen and oxygen atoms in total. The lowest BCUT2D eigenvalue weighted by atomic mass is 9.94. The zero-order chi connectivity index (χ0) is 20.6. The van der Waals surface area contributed by atoms with Crippen molar-refractivity contribution in [1.82, 2.24) is 19.6 Å². The highest BCUT2D eigenvalue weighted by molar-refractivity contribution is 5.95. The number of carbonyl (C=O) groups excluding carboxylic acids is 1. The molecular weight excluding hydrogens is 375 g/mol. The average Bonchev–Trinajstić information content (AvgIpc) is 3.36. The Morgan fingerprint density at radius 2 is 2.21 bits per heavy atom. The number of alkyl halides is 1. The average molecular weight is 404 g/mol. The molecule has 1 aliphatic heterocycles. The second-order valence-corrected chi connectivity index (χ2v) is 8.31. The van der Waals surface area contributed by atoms with Crippen molar-refractivity contribution in [3.05, 3.63) is 34.7 Å². The van der Waals surface area contributed by atoms with E-state index in [1.54, 1.807) is 12.0 Å². The Kier molecular flexibility index (Phi) is 5.46. The molecule has 1 saturated heterocycles. The molecule has 1 saturated carbocycles. The van der Waals surface area contributed by atoms with E-state index in [9.17, 15) is 4.79 Å². The van der Waals surface area contributed by atoms with Crippen LogP contribution in [0.3, 0.4) is 0 Å². The lowest BCUT2D eigenvalue weighted by Crippen LogP contribution is -2.46. The number of methoxy groups -OCH3 is 1. The number of hydrogen-bond donors (Lipinski definition) is 0. The van der Waals surface area contributed by atoms with Gasteiger partial charge in [0.25, 0.3) is 11.8 Å². The van der Waals surface area contributed by atoms with Crippen LogP contribution in [0.25, 0.3) is 0 Å². The number of rotatable bonds is 7. The van der Waals surface area contributed by atoms with Gasteiger partial charge in [0.1, 0.15) is 0 Å². The molecule has 2 aromatic heterocycles. The first kappa shape index (κ1) is 20.1. The van der Waals surface area contributed by atoms with Crippen LogP contribution in [0.1, 0.15) is 71.5 Å². The summed E-state index contributed by atoms with van der Waals surface area (Å²) < 4.78 is 28.2. The number of halogens is 1. The molecule has 2 aliphatic rings. The second-order valence-electron chi connectivity index (χ2n) is 8.31. The van der Waals surface area contributed by atoms with Crippen molar-refractivity contribution in [1.29, 1.82) is 0 Å². The molecule has 158 valence electrons. The van der Waals surface area contributed by atoms with Crippen LogP contribution in [0, 0.1) is 13.8 Å². The quantitative estimate of drug-likeness (QED) is 0.661. The maximum absolute atomic E-state index is 15.7. The zero-order valence-corrected chi connectivity index (χ0v) is 17.4. The monoisotopic (exact) mass is 404 g/mol. The van der Waals surface area contributed by atoms with Crippen molar-refractivity contribution in [2.75, 3.05) is 26.8 Å². The largest absolute Gasteiger partial charge is 0.385 e. The Morgan fingerprint density at radius 3 is 2.93 bits per heavy atom. The predicted molar refractivity (Wildman–Crippen MR) is 105 cm³/mol. The lowest BCUT2D eigenvalue weighted by Gasteiger charge is -2.35. The van der Waals surface area contributed by atoms with Gasteiger partial charge in [0.15, 0.2) is 5.82 Å². The highest BCUT2D eigenvalue weighted by atomic mass is 19.1. The van der Waals surface area contributed by atoms with Crippen molar-refractivity contribution in [3.8, 4) is 0 Å². The topological polar surface area (TPSA) is 73.4 Å². The van der Waals surface area contributed by atoms with Gasteiger partial charge in [-0.25, -0.2) is 4.39 Å². The zero-order valence-electron chi connectivity index (χ0n) is 17.4. The van der Waals surface area contributed by atoms with Crippen LogP contribution >= 0.6 is 0 Å². The highest BCUT2D eigenvalue weighted by Gasteiger charge is 2.45. The van der Waals surface area contributed by atoms with Gasteiger partial charge in [-0.15, -0.1) is 0 Å². The molecule has 1 unspecified atom stereocenters. The van der Waals surface area contributed by atoms with Crippen molar-refractivity contribution in [3.63, 3.8) is 0 Å². The number of piperidine rings is 1. The smallest absolute Gasteiger partial charge is 0.266 e. The van der Waals surface area contributed by atoms with Crippen LogP contribution in [0.4, 0.5) is 4.39 Å². The number of nitrogens with zero attached hydrogens (tertiary/aromatic N) is 4. The van der Waals surface area contributed by atoms with Crippen LogP contribution in [0.2, 0.25) is 0 Å². The van der Waals surface area contributed by atoms with E-state index in [2.05, 4.69) is 14.7 Å². The van der Waals surface area contributed by atoms with E-state index in [1.807, 2.05) is 19.9 Å². The summed E-state index contributed by atoms with van der Waals surface area (Å²) >= 11 is 0. The summed E-state index contributed by atoms with van der Waals surface area (Å²) in [6, 6.07) is 1.90. The molecule has 3 heterocycles.